The molecular weight excluding hydrogens is 256 g/mol. The molecule has 0 aliphatic carbocycles. The fourth-order valence-corrected chi connectivity index (χ4v) is 1.75. The molecule has 0 aliphatic rings. The molecule has 1 atom stereocenters. The standard InChI is InChI=1S/C15H22N2O3/c1-10(2)12-5-7-13(8-6-12)17-15(20)16-11(3)4-9-14(18)19/h5-8,10-11H,4,9H2,1-3H3,(H,18,19)(H2,16,17,20). The van der Waals surface area contributed by atoms with Crippen LogP contribution in [0.25, 0.3) is 0 Å². The van der Waals surface area contributed by atoms with Gasteiger partial charge in [0.1, 0.15) is 0 Å². The van der Waals surface area contributed by atoms with Crippen molar-refractivity contribution in [3.05, 3.63) is 29.8 Å². The summed E-state index contributed by atoms with van der Waals surface area (Å²) >= 11 is 0. The van der Waals surface area contributed by atoms with E-state index < -0.39 is 5.97 Å². The number of carbonyl (C=O) groups excluding carboxylic acids is 1. The number of hydrogen-bond donors (Lipinski definition) is 3. The molecule has 110 valence electrons. The topological polar surface area (TPSA) is 78.4 Å². The first-order chi connectivity index (χ1) is 9.38. The molecule has 2 amide bonds. The molecule has 0 saturated carbocycles. The van der Waals surface area contributed by atoms with E-state index >= 15 is 0 Å². The highest BCUT2D eigenvalue weighted by Gasteiger charge is 2.09. The van der Waals surface area contributed by atoms with Crippen molar-refractivity contribution in [1.82, 2.24) is 5.32 Å². The monoisotopic (exact) mass is 278 g/mol. The maximum Gasteiger partial charge on any atom is 0.319 e. The minimum absolute atomic E-state index is 0.0462. The predicted octanol–water partition coefficient (Wildman–Crippen LogP) is 3.18. The van der Waals surface area contributed by atoms with Crippen molar-refractivity contribution in [1.29, 1.82) is 0 Å². The van der Waals surface area contributed by atoms with Gasteiger partial charge in [0, 0.05) is 18.2 Å². The van der Waals surface area contributed by atoms with Gasteiger partial charge in [-0.1, -0.05) is 26.0 Å². The Morgan fingerprint density at radius 2 is 1.75 bits per heavy atom. The first kappa shape index (κ1) is 16.0. The molecule has 0 fully saturated rings. The van der Waals surface area contributed by atoms with Crippen LogP contribution in [0.15, 0.2) is 24.3 Å². The maximum absolute atomic E-state index is 11.7. The second-order valence-electron chi connectivity index (χ2n) is 5.21. The summed E-state index contributed by atoms with van der Waals surface area (Å²) < 4.78 is 0. The molecule has 3 N–H and O–H groups in total. The number of urea groups is 1. The van der Waals surface area contributed by atoms with Gasteiger partial charge in [-0.05, 0) is 37.0 Å². The van der Waals surface area contributed by atoms with E-state index in [9.17, 15) is 9.59 Å². The summed E-state index contributed by atoms with van der Waals surface area (Å²) in [6, 6.07) is 7.18. The summed E-state index contributed by atoms with van der Waals surface area (Å²) in [5, 5.41) is 14.0. The van der Waals surface area contributed by atoms with E-state index in [2.05, 4.69) is 24.5 Å². The predicted molar refractivity (Wildman–Crippen MR) is 79.0 cm³/mol. The van der Waals surface area contributed by atoms with Crippen molar-refractivity contribution in [2.75, 3.05) is 5.32 Å². The van der Waals surface area contributed by atoms with Gasteiger partial charge >= 0.3 is 12.0 Å². The van der Waals surface area contributed by atoms with Gasteiger partial charge in [0.15, 0.2) is 0 Å². The lowest BCUT2D eigenvalue weighted by Gasteiger charge is -2.14. The Labute approximate surface area is 119 Å². The van der Waals surface area contributed by atoms with Crippen molar-refractivity contribution in [2.45, 2.75) is 45.6 Å². The third-order valence-electron chi connectivity index (χ3n) is 3.00. The molecule has 1 rings (SSSR count). The quantitative estimate of drug-likeness (QED) is 0.747. The zero-order chi connectivity index (χ0) is 15.1. The number of carbonyl (C=O) groups is 2. The van der Waals surface area contributed by atoms with Gasteiger partial charge in [0.25, 0.3) is 0 Å². The average molecular weight is 278 g/mol. The Bertz CT molecular complexity index is 455. The molecule has 5 nitrogen and oxygen atoms in total. The number of carboxylic acid groups (broad SMARTS) is 1. The van der Waals surface area contributed by atoms with Crippen LogP contribution in [-0.2, 0) is 4.79 Å². The molecule has 0 spiro atoms. The van der Waals surface area contributed by atoms with Crippen LogP contribution in [0.2, 0.25) is 0 Å². The highest BCUT2D eigenvalue weighted by Crippen LogP contribution is 2.17. The number of aliphatic carboxylic acids is 1. The van der Waals surface area contributed by atoms with Gasteiger partial charge in [-0.3, -0.25) is 4.79 Å². The number of carboxylic acids is 1. The van der Waals surface area contributed by atoms with Crippen LogP contribution in [0, 0.1) is 0 Å². The second-order valence-corrected chi connectivity index (χ2v) is 5.21. The van der Waals surface area contributed by atoms with Gasteiger partial charge in [-0.25, -0.2) is 4.79 Å². The van der Waals surface area contributed by atoms with Crippen molar-refractivity contribution in [2.24, 2.45) is 0 Å². The van der Waals surface area contributed by atoms with Crippen LogP contribution < -0.4 is 10.6 Å². The Kier molecular flexibility index (Phi) is 6.03. The van der Waals surface area contributed by atoms with E-state index in [-0.39, 0.29) is 18.5 Å². The first-order valence-electron chi connectivity index (χ1n) is 6.77. The zero-order valence-corrected chi connectivity index (χ0v) is 12.1. The maximum atomic E-state index is 11.7. The molecule has 20 heavy (non-hydrogen) atoms. The normalized spacial score (nSPS) is 12.0. The number of benzene rings is 1. The highest BCUT2D eigenvalue weighted by molar-refractivity contribution is 5.89. The van der Waals surface area contributed by atoms with Crippen molar-refractivity contribution in [3.8, 4) is 0 Å². The Morgan fingerprint density at radius 1 is 1.15 bits per heavy atom. The summed E-state index contributed by atoms with van der Waals surface area (Å²) in [4.78, 5) is 22.2. The molecule has 0 bridgehead atoms. The lowest BCUT2D eigenvalue weighted by atomic mass is 10.0. The Balaban J connectivity index is 2.43. The summed E-state index contributed by atoms with van der Waals surface area (Å²) in [7, 11) is 0. The summed E-state index contributed by atoms with van der Waals surface area (Å²) in [6.45, 7) is 6.00. The summed E-state index contributed by atoms with van der Waals surface area (Å²) in [6.07, 6.45) is 0.458. The van der Waals surface area contributed by atoms with Crippen LogP contribution in [0.5, 0.6) is 0 Å². The van der Waals surface area contributed by atoms with Crippen LogP contribution >= 0.6 is 0 Å². The molecule has 1 aromatic rings. The smallest absolute Gasteiger partial charge is 0.319 e. The van der Waals surface area contributed by atoms with E-state index in [0.717, 1.165) is 5.69 Å². The highest BCUT2D eigenvalue weighted by atomic mass is 16.4. The number of nitrogens with one attached hydrogen (secondary N) is 2. The lowest BCUT2D eigenvalue weighted by molar-refractivity contribution is -0.137. The number of rotatable bonds is 6. The zero-order valence-electron chi connectivity index (χ0n) is 12.1. The van der Waals surface area contributed by atoms with Gasteiger partial charge in [0.2, 0.25) is 0 Å². The molecular formula is C15H22N2O3. The molecule has 0 saturated heterocycles. The molecule has 0 aliphatic heterocycles. The van der Waals surface area contributed by atoms with E-state index in [1.807, 2.05) is 24.3 Å². The minimum Gasteiger partial charge on any atom is -0.481 e. The van der Waals surface area contributed by atoms with E-state index in [4.69, 9.17) is 5.11 Å². The number of hydrogen-bond acceptors (Lipinski definition) is 2. The fraction of sp³-hybridized carbons (Fsp3) is 0.467. The first-order valence-corrected chi connectivity index (χ1v) is 6.77. The lowest BCUT2D eigenvalue weighted by Crippen LogP contribution is -2.36. The number of amides is 2. The molecule has 1 unspecified atom stereocenters. The van der Waals surface area contributed by atoms with Crippen LogP contribution in [0.4, 0.5) is 10.5 Å². The largest absolute Gasteiger partial charge is 0.481 e. The Hall–Kier alpha value is -2.04. The van der Waals surface area contributed by atoms with Gasteiger partial charge in [-0.2, -0.15) is 0 Å². The summed E-state index contributed by atoms with van der Waals surface area (Å²) in [5.41, 5.74) is 1.93. The molecule has 5 heteroatoms. The third-order valence-corrected chi connectivity index (χ3v) is 3.00. The number of anilines is 1. The molecule has 0 aromatic heterocycles. The van der Waals surface area contributed by atoms with Crippen molar-refractivity contribution in [3.63, 3.8) is 0 Å². The van der Waals surface area contributed by atoms with Crippen molar-refractivity contribution < 1.29 is 14.7 Å². The third kappa shape index (κ3) is 5.73. The van der Waals surface area contributed by atoms with Crippen molar-refractivity contribution >= 4 is 17.7 Å². The van der Waals surface area contributed by atoms with E-state index in [1.54, 1.807) is 6.92 Å². The Morgan fingerprint density at radius 3 is 2.25 bits per heavy atom. The van der Waals surface area contributed by atoms with Gasteiger partial charge < -0.3 is 15.7 Å². The van der Waals surface area contributed by atoms with Crippen LogP contribution in [0.1, 0.15) is 45.1 Å². The molecule has 0 heterocycles. The van der Waals surface area contributed by atoms with E-state index in [0.29, 0.717) is 12.3 Å². The van der Waals surface area contributed by atoms with Gasteiger partial charge in [-0.15, -0.1) is 0 Å². The molecule has 1 aromatic carbocycles. The summed E-state index contributed by atoms with van der Waals surface area (Å²) in [5.74, 6) is -0.405. The average Bonchev–Trinajstić information content (AvgIpc) is 2.36. The van der Waals surface area contributed by atoms with Crippen LogP contribution in [0.3, 0.4) is 0 Å². The molecule has 0 radical (unpaired) electrons. The fourth-order valence-electron chi connectivity index (χ4n) is 1.75. The van der Waals surface area contributed by atoms with Crippen LogP contribution in [-0.4, -0.2) is 23.1 Å². The second kappa shape index (κ2) is 7.53. The van der Waals surface area contributed by atoms with E-state index in [1.165, 1.54) is 5.56 Å². The SMILES string of the molecule is CC(CCC(=O)O)NC(=O)Nc1ccc(C(C)C)cc1. The van der Waals surface area contributed by atoms with Gasteiger partial charge in [0.05, 0.1) is 0 Å². The minimum atomic E-state index is -0.858.